The number of carbonyl (C=O) groups is 1. The molecule has 3 fully saturated rings. The zero-order chi connectivity index (χ0) is 25.3. The van der Waals surface area contributed by atoms with Crippen molar-refractivity contribution in [2.24, 2.45) is 18.9 Å². The van der Waals surface area contributed by atoms with Crippen LogP contribution in [0.5, 0.6) is 5.75 Å². The van der Waals surface area contributed by atoms with Gasteiger partial charge in [0, 0.05) is 38.3 Å². The number of thiophene rings is 1. The molecule has 3 aromatic heterocycles. The standard InChI is InChI=1S/C29H34N4O3S/c1-31-27-22(11-20(12-24(27)36-2)29(35)32-15-18-7-8-21(32)10-18)30-28(31)23-13-25-26(33(23)14-17-5-6-17)19(16-37-25)4-3-9-34/h11-13,16-18,21,34H,3-10,14-15H2,1-2H3/t18-,21+/m0/s1. The van der Waals surface area contributed by atoms with Crippen LogP contribution in [0.1, 0.15) is 54.4 Å². The number of rotatable bonds is 8. The van der Waals surface area contributed by atoms with Gasteiger partial charge in [0.2, 0.25) is 0 Å². The lowest BCUT2D eigenvalue weighted by Crippen LogP contribution is -2.37. The Hall–Kier alpha value is -2.84. The van der Waals surface area contributed by atoms with Crippen molar-refractivity contribution < 1.29 is 14.6 Å². The lowest BCUT2D eigenvalue weighted by Gasteiger charge is -2.27. The largest absolute Gasteiger partial charge is 0.494 e. The van der Waals surface area contributed by atoms with Crippen LogP contribution >= 0.6 is 11.3 Å². The maximum atomic E-state index is 13.5. The number of aromatic nitrogens is 3. The molecule has 1 amide bonds. The molecule has 0 unspecified atom stereocenters. The number of ether oxygens (including phenoxy) is 1. The van der Waals surface area contributed by atoms with Crippen LogP contribution in [0, 0.1) is 11.8 Å². The van der Waals surface area contributed by atoms with Crippen molar-refractivity contribution in [2.45, 2.75) is 57.5 Å². The van der Waals surface area contributed by atoms with Crippen molar-refractivity contribution in [3.8, 4) is 17.3 Å². The second-order valence-electron chi connectivity index (χ2n) is 11.2. The first-order valence-corrected chi connectivity index (χ1v) is 14.5. The van der Waals surface area contributed by atoms with E-state index >= 15 is 0 Å². The Balaban J connectivity index is 1.34. The Morgan fingerprint density at radius 1 is 1.19 bits per heavy atom. The van der Waals surface area contributed by atoms with Crippen LogP contribution < -0.4 is 4.74 Å². The predicted molar refractivity (Wildman–Crippen MR) is 146 cm³/mol. The fraction of sp³-hybridized carbons (Fsp3) is 0.517. The van der Waals surface area contributed by atoms with Gasteiger partial charge < -0.3 is 23.9 Å². The number of aliphatic hydroxyl groups is 1. The molecule has 2 saturated carbocycles. The Kier molecular flexibility index (Phi) is 5.59. The second-order valence-corrected chi connectivity index (χ2v) is 12.1. The molecular formula is C29H34N4O3S. The van der Waals surface area contributed by atoms with Gasteiger partial charge in [0.1, 0.15) is 11.3 Å². The normalized spacial score (nSPS) is 21.1. The first-order chi connectivity index (χ1) is 18.1. The quantitative estimate of drug-likeness (QED) is 0.347. The van der Waals surface area contributed by atoms with E-state index in [1.54, 1.807) is 18.4 Å². The second kappa shape index (κ2) is 8.88. The number of piperidine rings is 1. The van der Waals surface area contributed by atoms with Crippen molar-refractivity contribution >= 4 is 38.5 Å². The zero-order valence-corrected chi connectivity index (χ0v) is 22.4. The highest BCUT2D eigenvalue weighted by molar-refractivity contribution is 7.17. The molecule has 0 radical (unpaired) electrons. The van der Waals surface area contributed by atoms with Gasteiger partial charge in [-0.1, -0.05) is 0 Å². The summed E-state index contributed by atoms with van der Waals surface area (Å²) in [4.78, 5) is 20.7. The van der Waals surface area contributed by atoms with Crippen molar-refractivity contribution in [1.29, 1.82) is 0 Å². The van der Waals surface area contributed by atoms with Gasteiger partial charge in [-0.15, -0.1) is 11.3 Å². The van der Waals surface area contributed by atoms with Gasteiger partial charge in [0.05, 0.1) is 28.5 Å². The first-order valence-electron chi connectivity index (χ1n) is 13.6. The van der Waals surface area contributed by atoms with Crippen LogP contribution in [-0.2, 0) is 20.0 Å². The number of aliphatic hydroxyl groups excluding tert-OH is 1. The molecule has 7 rings (SSSR count). The van der Waals surface area contributed by atoms with Crippen molar-refractivity contribution in [1.82, 2.24) is 19.0 Å². The SMILES string of the molecule is COc1cc(C(=O)N2C[C@H]3CC[C@@H]2C3)cc2nc(-c3cc4scc(CCCO)c4n3CC3CC3)n(C)c12. The number of hydrogen-bond acceptors (Lipinski definition) is 5. The summed E-state index contributed by atoms with van der Waals surface area (Å²) in [6.07, 6.45) is 7.72. The molecule has 1 aliphatic heterocycles. The summed E-state index contributed by atoms with van der Waals surface area (Å²) >= 11 is 1.77. The minimum atomic E-state index is 0.103. The third-order valence-corrected chi connectivity index (χ3v) is 9.70. The topological polar surface area (TPSA) is 72.5 Å². The Bertz CT molecular complexity index is 1510. The molecule has 2 atom stereocenters. The van der Waals surface area contributed by atoms with Crippen LogP contribution in [0.15, 0.2) is 23.6 Å². The maximum Gasteiger partial charge on any atom is 0.254 e. The molecule has 4 aromatic rings. The summed E-state index contributed by atoms with van der Waals surface area (Å²) in [7, 11) is 3.72. The van der Waals surface area contributed by atoms with Gasteiger partial charge in [-0.25, -0.2) is 4.98 Å². The lowest BCUT2D eigenvalue weighted by molar-refractivity contribution is 0.0703. The van der Waals surface area contributed by atoms with E-state index in [9.17, 15) is 9.90 Å². The highest BCUT2D eigenvalue weighted by atomic mass is 32.1. The zero-order valence-electron chi connectivity index (χ0n) is 21.6. The Labute approximate surface area is 220 Å². The third kappa shape index (κ3) is 3.79. The van der Waals surface area contributed by atoms with E-state index in [0.717, 1.165) is 61.3 Å². The van der Waals surface area contributed by atoms with E-state index < -0.39 is 0 Å². The average Bonchev–Trinajstić information content (AvgIpc) is 3.30. The molecule has 1 saturated heterocycles. The van der Waals surface area contributed by atoms with E-state index in [4.69, 9.17) is 9.72 Å². The fourth-order valence-corrected chi connectivity index (χ4v) is 7.71. The molecule has 194 valence electrons. The van der Waals surface area contributed by atoms with Crippen molar-refractivity contribution in [2.75, 3.05) is 20.3 Å². The third-order valence-electron chi connectivity index (χ3n) is 8.74. The van der Waals surface area contributed by atoms with Crippen LogP contribution in [-0.4, -0.2) is 56.3 Å². The molecule has 1 aromatic carbocycles. The van der Waals surface area contributed by atoms with E-state index in [0.29, 0.717) is 29.2 Å². The molecule has 37 heavy (non-hydrogen) atoms. The number of hydrogen-bond donors (Lipinski definition) is 1. The van der Waals surface area contributed by atoms with Crippen LogP contribution in [0.25, 0.3) is 32.8 Å². The average molecular weight is 519 g/mol. The van der Waals surface area contributed by atoms with Gasteiger partial charge >= 0.3 is 0 Å². The van der Waals surface area contributed by atoms with Gasteiger partial charge in [-0.3, -0.25) is 4.79 Å². The summed E-state index contributed by atoms with van der Waals surface area (Å²) in [5.74, 6) is 3.07. The predicted octanol–water partition coefficient (Wildman–Crippen LogP) is 5.22. The Morgan fingerprint density at radius 2 is 2.05 bits per heavy atom. The van der Waals surface area contributed by atoms with Crippen LogP contribution in [0.3, 0.4) is 0 Å². The van der Waals surface area contributed by atoms with Gasteiger partial charge in [0.15, 0.2) is 5.82 Å². The first kappa shape index (κ1) is 23.3. The van der Waals surface area contributed by atoms with E-state index in [2.05, 4.69) is 25.5 Å². The monoisotopic (exact) mass is 518 g/mol. The minimum absolute atomic E-state index is 0.103. The summed E-state index contributed by atoms with van der Waals surface area (Å²) < 4.78 is 11.7. The molecule has 1 N–H and O–H groups in total. The number of imidazole rings is 1. The summed E-state index contributed by atoms with van der Waals surface area (Å²) in [6.45, 7) is 2.07. The molecule has 2 aliphatic carbocycles. The molecular weight excluding hydrogens is 484 g/mol. The van der Waals surface area contributed by atoms with Gasteiger partial charge in [0.25, 0.3) is 5.91 Å². The minimum Gasteiger partial charge on any atom is -0.494 e. The van der Waals surface area contributed by atoms with Gasteiger partial charge in [-0.2, -0.15) is 0 Å². The van der Waals surface area contributed by atoms with E-state index in [1.165, 1.54) is 35.0 Å². The molecule has 7 nitrogen and oxygen atoms in total. The number of fused-ring (bicyclic) bond motifs is 4. The summed E-state index contributed by atoms with van der Waals surface area (Å²) in [5.41, 5.74) is 6.10. The summed E-state index contributed by atoms with van der Waals surface area (Å²) in [6, 6.07) is 6.51. The highest BCUT2D eigenvalue weighted by Gasteiger charge is 2.40. The fourth-order valence-electron chi connectivity index (χ4n) is 6.67. The molecule has 0 spiro atoms. The van der Waals surface area contributed by atoms with Crippen LogP contribution in [0.4, 0.5) is 0 Å². The lowest BCUT2D eigenvalue weighted by atomic mass is 10.1. The number of methoxy groups -OCH3 is 1. The highest BCUT2D eigenvalue weighted by Crippen LogP contribution is 2.42. The number of benzene rings is 1. The maximum absolute atomic E-state index is 13.5. The van der Waals surface area contributed by atoms with E-state index in [-0.39, 0.29) is 12.5 Å². The van der Waals surface area contributed by atoms with Gasteiger partial charge in [-0.05, 0) is 85.9 Å². The number of carbonyl (C=O) groups excluding carboxylic acids is 1. The van der Waals surface area contributed by atoms with E-state index in [1.807, 2.05) is 19.2 Å². The molecule has 8 heteroatoms. The molecule has 4 heterocycles. The number of amides is 1. The van der Waals surface area contributed by atoms with Crippen molar-refractivity contribution in [3.05, 3.63) is 34.7 Å². The van der Waals surface area contributed by atoms with Crippen LogP contribution in [0.2, 0.25) is 0 Å². The number of nitrogens with zero attached hydrogens (tertiary/aromatic N) is 4. The van der Waals surface area contributed by atoms with Crippen molar-refractivity contribution in [3.63, 3.8) is 0 Å². The smallest absolute Gasteiger partial charge is 0.254 e. The number of aryl methyl sites for hydroxylation is 2. The Morgan fingerprint density at radius 3 is 2.76 bits per heavy atom. The molecule has 2 bridgehead atoms. The number of likely N-dealkylation sites (tertiary alicyclic amines) is 1. The molecule has 3 aliphatic rings. The summed E-state index contributed by atoms with van der Waals surface area (Å²) in [5, 5.41) is 11.7.